The van der Waals surface area contributed by atoms with Crippen molar-refractivity contribution in [3.8, 4) is 0 Å². The van der Waals surface area contributed by atoms with E-state index in [0.29, 0.717) is 12.8 Å². The molecule has 0 aliphatic carbocycles. The minimum Gasteiger partial charge on any atom is -0.480 e. The van der Waals surface area contributed by atoms with Crippen LogP contribution in [0.15, 0.2) is 0 Å². The van der Waals surface area contributed by atoms with Gasteiger partial charge < -0.3 is 15.7 Å². The van der Waals surface area contributed by atoms with E-state index >= 15 is 0 Å². The van der Waals surface area contributed by atoms with Gasteiger partial charge in [0.1, 0.15) is 6.54 Å². The molecule has 1 heterocycles. The summed E-state index contributed by atoms with van der Waals surface area (Å²) in [5, 5.41) is 8.76. The van der Waals surface area contributed by atoms with Crippen LogP contribution in [0.2, 0.25) is 0 Å². The van der Waals surface area contributed by atoms with Gasteiger partial charge in [-0.15, -0.1) is 0 Å². The fourth-order valence-electron chi connectivity index (χ4n) is 2.26. The Hall–Kier alpha value is -1.68. The zero-order valence-corrected chi connectivity index (χ0v) is 12.5. The van der Waals surface area contributed by atoms with E-state index in [0.717, 1.165) is 11.2 Å². The van der Waals surface area contributed by atoms with Crippen molar-refractivity contribution in [1.82, 2.24) is 9.21 Å². The molecule has 0 aromatic carbocycles. The topological polar surface area (TPSA) is 138 Å². The highest BCUT2D eigenvalue weighted by Gasteiger charge is 2.32. The second-order valence-electron chi connectivity index (χ2n) is 4.99. The first kappa shape index (κ1) is 17.4. The third-order valence-electron chi connectivity index (χ3n) is 3.26. The number of carboxylic acid groups (broad SMARTS) is 1. The largest absolute Gasteiger partial charge is 0.480 e. The van der Waals surface area contributed by atoms with Crippen molar-refractivity contribution >= 4 is 27.8 Å². The SMILES string of the molecule is CS(=O)(=O)N1CCC(C(=O)N(CC(N)=O)CC(=O)O)CC1. The number of piperidine rings is 1. The van der Waals surface area contributed by atoms with E-state index in [1.165, 1.54) is 4.31 Å². The van der Waals surface area contributed by atoms with Crippen LogP contribution in [0, 0.1) is 5.92 Å². The Morgan fingerprint density at radius 2 is 1.76 bits per heavy atom. The van der Waals surface area contributed by atoms with E-state index in [1.807, 2.05) is 0 Å². The van der Waals surface area contributed by atoms with E-state index < -0.39 is 46.8 Å². The van der Waals surface area contributed by atoms with Crippen molar-refractivity contribution in [3.05, 3.63) is 0 Å². The summed E-state index contributed by atoms with van der Waals surface area (Å²) < 4.78 is 24.0. The lowest BCUT2D eigenvalue weighted by atomic mass is 9.96. The molecule has 1 fully saturated rings. The summed E-state index contributed by atoms with van der Waals surface area (Å²) in [6.45, 7) is -0.662. The molecule has 2 amide bonds. The number of hydrogen-bond acceptors (Lipinski definition) is 5. The molecule has 0 aromatic rings. The van der Waals surface area contributed by atoms with E-state index in [2.05, 4.69) is 0 Å². The number of carboxylic acids is 1. The van der Waals surface area contributed by atoms with E-state index in [1.54, 1.807) is 0 Å². The van der Waals surface area contributed by atoms with Gasteiger partial charge in [-0.2, -0.15) is 0 Å². The average Bonchev–Trinajstić information content (AvgIpc) is 2.35. The zero-order chi connectivity index (χ0) is 16.2. The first-order valence-corrected chi connectivity index (χ1v) is 8.20. The molecule has 0 bridgehead atoms. The summed E-state index contributed by atoms with van der Waals surface area (Å²) in [6.07, 6.45) is 1.68. The smallest absolute Gasteiger partial charge is 0.323 e. The highest BCUT2D eigenvalue weighted by atomic mass is 32.2. The Bertz CT molecular complexity index is 508. The highest BCUT2D eigenvalue weighted by Crippen LogP contribution is 2.21. The lowest BCUT2D eigenvalue weighted by molar-refractivity contribution is -0.148. The number of nitrogens with two attached hydrogens (primary N) is 1. The number of carbonyl (C=O) groups excluding carboxylic acids is 2. The standard InChI is InChI=1S/C11H19N3O6S/c1-21(19,20)14-4-2-8(3-5-14)11(18)13(6-9(12)15)7-10(16)17/h8H,2-7H2,1H3,(H2,12,15)(H,16,17). The molecule has 120 valence electrons. The van der Waals surface area contributed by atoms with E-state index in [9.17, 15) is 22.8 Å². The molecule has 3 N–H and O–H groups in total. The molecular weight excluding hydrogens is 302 g/mol. The number of carbonyl (C=O) groups is 3. The van der Waals surface area contributed by atoms with Crippen LogP contribution in [0.25, 0.3) is 0 Å². The van der Waals surface area contributed by atoms with Gasteiger partial charge in [-0.1, -0.05) is 0 Å². The van der Waals surface area contributed by atoms with Crippen LogP contribution < -0.4 is 5.73 Å². The fourth-order valence-corrected chi connectivity index (χ4v) is 3.13. The molecular formula is C11H19N3O6S. The molecule has 21 heavy (non-hydrogen) atoms. The number of sulfonamides is 1. The predicted molar refractivity (Wildman–Crippen MR) is 72.6 cm³/mol. The van der Waals surface area contributed by atoms with Gasteiger partial charge in [0.25, 0.3) is 0 Å². The van der Waals surface area contributed by atoms with Gasteiger partial charge in [0.2, 0.25) is 21.8 Å². The van der Waals surface area contributed by atoms with Crippen molar-refractivity contribution in [2.45, 2.75) is 12.8 Å². The second-order valence-corrected chi connectivity index (χ2v) is 6.97. The molecule has 1 saturated heterocycles. The van der Waals surface area contributed by atoms with Gasteiger partial charge in [-0.05, 0) is 12.8 Å². The van der Waals surface area contributed by atoms with Gasteiger partial charge in [-0.3, -0.25) is 14.4 Å². The fraction of sp³-hybridized carbons (Fsp3) is 0.727. The number of hydrogen-bond donors (Lipinski definition) is 2. The predicted octanol–water partition coefficient (Wildman–Crippen LogP) is -1.94. The van der Waals surface area contributed by atoms with Crippen LogP contribution in [-0.2, 0) is 24.4 Å². The van der Waals surface area contributed by atoms with Crippen LogP contribution in [-0.4, -0.2) is 72.9 Å². The summed E-state index contributed by atoms with van der Waals surface area (Å²) in [4.78, 5) is 34.7. The second kappa shape index (κ2) is 6.85. The third-order valence-corrected chi connectivity index (χ3v) is 4.56. The molecule has 0 spiro atoms. The molecule has 0 unspecified atom stereocenters. The number of primary amides is 1. The van der Waals surface area contributed by atoms with Crippen LogP contribution >= 0.6 is 0 Å². The van der Waals surface area contributed by atoms with Gasteiger partial charge in [0.15, 0.2) is 0 Å². The monoisotopic (exact) mass is 321 g/mol. The lowest BCUT2D eigenvalue weighted by Gasteiger charge is -2.32. The van der Waals surface area contributed by atoms with Gasteiger partial charge in [0, 0.05) is 19.0 Å². The maximum absolute atomic E-state index is 12.2. The van der Waals surface area contributed by atoms with Gasteiger partial charge in [0.05, 0.1) is 12.8 Å². The van der Waals surface area contributed by atoms with Gasteiger partial charge in [-0.25, -0.2) is 12.7 Å². The van der Waals surface area contributed by atoms with Crippen molar-refractivity contribution in [1.29, 1.82) is 0 Å². The Labute approximate surface area is 122 Å². The molecule has 0 atom stereocenters. The summed E-state index contributed by atoms with van der Waals surface area (Å²) in [5.74, 6) is -3.01. The molecule has 1 aliphatic rings. The van der Waals surface area contributed by atoms with Gasteiger partial charge >= 0.3 is 5.97 Å². The average molecular weight is 321 g/mol. The molecule has 1 aliphatic heterocycles. The first-order chi connectivity index (χ1) is 9.61. The maximum Gasteiger partial charge on any atom is 0.323 e. The Morgan fingerprint density at radius 1 is 1.24 bits per heavy atom. The van der Waals surface area contributed by atoms with E-state index in [-0.39, 0.29) is 13.1 Å². The summed E-state index contributed by atoms with van der Waals surface area (Å²) in [7, 11) is -3.29. The Morgan fingerprint density at radius 3 is 2.14 bits per heavy atom. The maximum atomic E-state index is 12.2. The minimum atomic E-state index is -3.29. The molecule has 0 aromatic heterocycles. The van der Waals surface area contributed by atoms with Crippen molar-refractivity contribution in [2.24, 2.45) is 11.7 Å². The Kier molecular flexibility index (Phi) is 5.67. The number of nitrogens with zero attached hydrogens (tertiary/aromatic N) is 2. The van der Waals surface area contributed by atoms with E-state index in [4.69, 9.17) is 10.8 Å². The highest BCUT2D eigenvalue weighted by molar-refractivity contribution is 7.88. The van der Waals surface area contributed by atoms with Crippen LogP contribution in [0.1, 0.15) is 12.8 Å². The number of aliphatic carboxylic acids is 1. The Balaban J connectivity index is 2.69. The summed E-state index contributed by atoms with van der Waals surface area (Å²) >= 11 is 0. The quantitative estimate of drug-likeness (QED) is 0.583. The van der Waals surface area contributed by atoms with Crippen LogP contribution in [0.3, 0.4) is 0 Å². The number of rotatable bonds is 6. The molecule has 0 radical (unpaired) electrons. The minimum absolute atomic E-state index is 0.201. The third kappa shape index (κ3) is 5.31. The molecule has 1 rings (SSSR count). The normalized spacial score (nSPS) is 17.4. The molecule has 0 saturated carbocycles. The lowest BCUT2D eigenvalue weighted by Crippen LogP contribution is -2.47. The molecule has 9 nitrogen and oxygen atoms in total. The van der Waals surface area contributed by atoms with Crippen LogP contribution in [0.4, 0.5) is 0 Å². The summed E-state index contributed by atoms with van der Waals surface area (Å²) in [5.41, 5.74) is 5.00. The van der Waals surface area contributed by atoms with Crippen molar-refractivity contribution in [3.63, 3.8) is 0 Å². The van der Waals surface area contributed by atoms with Crippen LogP contribution in [0.5, 0.6) is 0 Å². The van der Waals surface area contributed by atoms with Crippen molar-refractivity contribution < 1.29 is 27.9 Å². The molecule has 10 heteroatoms. The zero-order valence-electron chi connectivity index (χ0n) is 11.7. The summed E-state index contributed by atoms with van der Waals surface area (Å²) in [6, 6.07) is 0. The number of amides is 2. The van der Waals surface area contributed by atoms with Crippen molar-refractivity contribution in [2.75, 3.05) is 32.4 Å². The first-order valence-electron chi connectivity index (χ1n) is 6.35.